The fourth-order valence-corrected chi connectivity index (χ4v) is 1.95. The van der Waals surface area contributed by atoms with Crippen molar-refractivity contribution in [1.29, 1.82) is 0 Å². The summed E-state index contributed by atoms with van der Waals surface area (Å²) in [4.78, 5) is 0. The summed E-state index contributed by atoms with van der Waals surface area (Å²) in [7, 11) is 0. The summed E-state index contributed by atoms with van der Waals surface area (Å²) in [5.74, 6) is 0.693. The van der Waals surface area contributed by atoms with E-state index >= 15 is 0 Å². The molecule has 0 unspecified atom stereocenters. The molecule has 0 spiro atoms. The summed E-state index contributed by atoms with van der Waals surface area (Å²) in [6, 6.07) is 11.1. The van der Waals surface area contributed by atoms with Crippen molar-refractivity contribution < 1.29 is 0 Å². The Labute approximate surface area is 103 Å². The van der Waals surface area contributed by atoms with Crippen LogP contribution < -0.4 is 5.73 Å². The van der Waals surface area contributed by atoms with E-state index in [1.807, 2.05) is 34.7 Å². The van der Waals surface area contributed by atoms with Crippen LogP contribution in [0.5, 0.6) is 0 Å². The summed E-state index contributed by atoms with van der Waals surface area (Å²) in [5.41, 5.74) is 8.00. The van der Waals surface area contributed by atoms with Crippen LogP contribution in [0, 0.1) is 0 Å². The predicted molar refractivity (Wildman–Crippen MR) is 67.8 cm³/mol. The molecule has 84 valence electrons. The third-order valence-corrected chi connectivity index (χ3v) is 2.87. The highest BCUT2D eigenvalue weighted by molar-refractivity contribution is 6.33. The topological polar surface area (TPSA) is 56.2 Å². The van der Waals surface area contributed by atoms with Gasteiger partial charge in [-0.3, -0.25) is 4.40 Å². The minimum atomic E-state index is 0.643. The van der Waals surface area contributed by atoms with Crippen molar-refractivity contribution >= 4 is 22.9 Å². The Morgan fingerprint density at radius 3 is 2.71 bits per heavy atom. The molecule has 3 rings (SSSR count). The van der Waals surface area contributed by atoms with E-state index in [-0.39, 0.29) is 0 Å². The van der Waals surface area contributed by atoms with E-state index in [4.69, 9.17) is 17.3 Å². The normalized spacial score (nSPS) is 10.9. The lowest BCUT2D eigenvalue weighted by Crippen LogP contribution is -1.93. The van der Waals surface area contributed by atoms with Crippen LogP contribution in [0.1, 0.15) is 0 Å². The first-order chi connectivity index (χ1) is 8.25. The molecule has 0 saturated carbocycles. The molecule has 1 aromatic carbocycles. The van der Waals surface area contributed by atoms with Gasteiger partial charge in [-0.1, -0.05) is 23.7 Å². The Hall–Kier alpha value is -2.07. The zero-order valence-corrected chi connectivity index (χ0v) is 9.59. The second-order valence-corrected chi connectivity index (χ2v) is 4.10. The number of anilines is 1. The molecule has 0 atom stereocenters. The van der Waals surface area contributed by atoms with Gasteiger partial charge in [-0.05, 0) is 24.3 Å². The number of nitrogen functional groups attached to an aromatic ring is 1. The Balaban J connectivity index is 2.31. The molecule has 0 aliphatic heterocycles. The smallest absolute Gasteiger partial charge is 0.169 e. The number of hydrogen-bond donors (Lipinski definition) is 1. The summed E-state index contributed by atoms with van der Waals surface area (Å²) in [6.07, 6.45) is 1.79. The van der Waals surface area contributed by atoms with Crippen molar-refractivity contribution in [3.05, 3.63) is 47.6 Å². The van der Waals surface area contributed by atoms with Crippen LogP contribution in [0.15, 0.2) is 42.6 Å². The van der Waals surface area contributed by atoms with Gasteiger partial charge in [-0.2, -0.15) is 0 Å². The minimum absolute atomic E-state index is 0.643. The minimum Gasteiger partial charge on any atom is -0.398 e. The molecule has 2 heterocycles. The number of nitrogens with two attached hydrogens (primary N) is 1. The van der Waals surface area contributed by atoms with Crippen LogP contribution in [0.25, 0.3) is 17.0 Å². The van der Waals surface area contributed by atoms with Crippen LogP contribution in [0.2, 0.25) is 5.02 Å². The molecule has 0 amide bonds. The lowest BCUT2D eigenvalue weighted by atomic mass is 10.2. The second-order valence-electron chi connectivity index (χ2n) is 3.69. The van der Waals surface area contributed by atoms with Gasteiger partial charge in [-0.15, -0.1) is 10.2 Å². The molecule has 0 aliphatic carbocycles. The Morgan fingerprint density at radius 1 is 1.06 bits per heavy atom. The van der Waals surface area contributed by atoms with Gasteiger partial charge >= 0.3 is 0 Å². The number of aromatic nitrogens is 3. The molecule has 0 radical (unpaired) electrons. The average Bonchev–Trinajstić information content (AvgIpc) is 2.72. The zero-order chi connectivity index (χ0) is 11.8. The maximum atomic E-state index is 6.14. The molecule has 5 heteroatoms. The maximum absolute atomic E-state index is 6.14. The third-order valence-electron chi connectivity index (χ3n) is 2.54. The van der Waals surface area contributed by atoms with Gasteiger partial charge in [0.25, 0.3) is 0 Å². The molecule has 2 N–H and O–H groups in total. The van der Waals surface area contributed by atoms with E-state index in [9.17, 15) is 0 Å². The Morgan fingerprint density at radius 2 is 1.88 bits per heavy atom. The van der Waals surface area contributed by atoms with Gasteiger partial charge in [-0.25, -0.2) is 0 Å². The monoisotopic (exact) mass is 244 g/mol. The second kappa shape index (κ2) is 3.75. The predicted octanol–water partition coefficient (Wildman–Crippen LogP) is 2.63. The molecular weight excluding hydrogens is 236 g/mol. The first kappa shape index (κ1) is 10.1. The quantitative estimate of drug-likeness (QED) is 0.716. The van der Waals surface area contributed by atoms with Crippen molar-refractivity contribution in [3.63, 3.8) is 0 Å². The first-order valence-corrected chi connectivity index (χ1v) is 5.48. The van der Waals surface area contributed by atoms with Crippen molar-refractivity contribution in [1.82, 2.24) is 14.6 Å². The van der Waals surface area contributed by atoms with Gasteiger partial charge < -0.3 is 5.73 Å². The summed E-state index contributed by atoms with van der Waals surface area (Å²) < 4.78 is 1.83. The zero-order valence-electron chi connectivity index (χ0n) is 8.84. The highest BCUT2D eigenvalue weighted by Gasteiger charge is 2.10. The lowest BCUT2D eigenvalue weighted by molar-refractivity contribution is 1.11. The van der Waals surface area contributed by atoms with Gasteiger partial charge in [0.1, 0.15) is 0 Å². The van der Waals surface area contributed by atoms with Crippen LogP contribution in [-0.2, 0) is 0 Å². The van der Waals surface area contributed by atoms with Crippen LogP contribution >= 0.6 is 11.6 Å². The molecular formula is C12H9ClN4. The molecule has 4 nitrogen and oxygen atoms in total. The number of pyridine rings is 1. The van der Waals surface area contributed by atoms with Crippen LogP contribution in [0.3, 0.4) is 0 Å². The third kappa shape index (κ3) is 1.62. The Kier molecular flexibility index (Phi) is 2.23. The summed E-state index contributed by atoms with van der Waals surface area (Å²) >= 11 is 6.14. The fourth-order valence-electron chi connectivity index (χ4n) is 1.73. The van der Waals surface area contributed by atoms with Crippen molar-refractivity contribution in [3.8, 4) is 11.4 Å². The average molecular weight is 245 g/mol. The molecule has 0 bridgehead atoms. The van der Waals surface area contributed by atoms with Crippen molar-refractivity contribution in [2.24, 2.45) is 0 Å². The first-order valence-electron chi connectivity index (χ1n) is 5.11. The molecule has 0 saturated heterocycles. The van der Waals surface area contributed by atoms with Gasteiger partial charge in [0, 0.05) is 17.4 Å². The molecule has 2 aromatic heterocycles. The van der Waals surface area contributed by atoms with Gasteiger partial charge in [0.05, 0.1) is 5.02 Å². The Bertz CT molecular complexity index is 690. The number of fused-ring (bicyclic) bond motifs is 1. The lowest BCUT2D eigenvalue weighted by Gasteiger charge is -2.02. The van der Waals surface area contributed by atoms with Crippen LogP contribution in [0.4, 0.5) is 5.69 Å². The number of halogens is 1. The van der Waals surface area contributed by atoms with Crippen molar-refractivity contribution in [2.45, 2.75) is 0 Å². The largest absolute Gasteiger partial charge is 0.398 e. The standard InChI is InChI=1S/C12H9ClN4/c13-10-4-2-1-3-9(10)12-16-15-11-6-5-8(14)7-17(11)12/h1-7H,14H2. The van der Waals surface area contributed by atoms with E-state index in [2.05, 4.69) is 10.2 Å². The molecule has 3 aromatic rings. The van der Waals surface area contributed by atoms with E-state index in [0.29, 0.717) is 16.5 Å². The molecule has 0 fully saturated rings. The van der Waals surface area contributed by atoms with E-state index in [1.165, 1.54) is 0 Å². The highest BCUT2D eigenvalue weighted by Crippen LogP contribution is 2.26. The summed E-state index contributed by atoms with van der Waals surface area (Å²) in [5, 5.41) is 8.86. The van der Waals surface area contributed by atoms with Gasteiger partial charge in [0.2, 0.25) is 0 Å². The van der Waals surface area contributed by atoms with E-state index < -0.39 is 0 Å². The number of benzene rings is 1. The number of rotatable bonds is 1. The molecule has 0 aliphatic rings. The number of nitrogens with zero attached hydrogens (tertiary/aromatic N) is 3. The number of hydrogen-bond acceptors (Lipinski definition) is 3. The van der Waals surface area contributed by atoms with E-state index in [0.717, 1.165) is 11.2 Å². The summed E-state index contributed by atoms with van der Waals surface area (Å²) in [6.45, 7) is 0. The van der Waals surface area contributed by atoms with E-state index in [1.54, 1.807) is 12.3 Å². The van der Waals surface area contributed by atoms with Crippen LogP contribution in [-0.4, -0.2) is 14.6 Å². The fraction of sp³-hybridized carbons (Fsp3) is 0. The highest BCUT2D eigenvalue weighted by atomic mass is 35.5. The van der Waals surface area contributed by atoms with Crippen molar-refractivity contribution in [2.75, 3.05) is 5.73 Å². The molecule has 17 heavy (non-hydrogen) atoms. The SMILES string of the molecule is Nc1ccc2nnc(-c3ccccc3Cl)n2c1. The maximum Gasteiger partial charge on any atom is 0.169 e. The van der Waals surface area contributed by atoms with Gasteiger partial charge in [0.15, 0.2) is 11.5 Å².